The molecule has 0 heterocycles. The van der Waals surface area contributed by atoms with Crippen LogP contribution in [-0.2, 0) is 19.4 Å². The van der Waals surface area contributed by atoms with E-state index in [4.69, 9.17) is 9.47 Å². The smallest absolute Gasteiger partial charge is 0.130 e. The van der Waals surface area contributed by atoms with Crippen molar-refractivity contribution in [2.75, 3.05) is 13.1 Å². The zero-order chi connectivity index (χ0) is 25.0. The fourth-order valence-corrected chi connectivity index (χ4v) is 3.91. The number of phenolic OH excluding ortho intramolecular Hbond substituents is 1. The summed E-state index contributed by atoms with van der Waals surface area (Å²) in [5, 5.41) is 23.7. The van der Waals surface area contributed by atoms with Crippen LogP contribution in [0.15, 0.2) is 109 Å². The number of nitrogens with one attached hydrogen (secondary N) is 1. The highest BCUT2D eigenvalue weighted by atomic mass is 16.5. The van der Waals surface area contributed by atoms with Crippen LogP contribution in [0.4, 0.5) is 0 Å². The van der Waals surface area contributed by atoms with Gasteiger partial charge < -0.3 is 25.0 Å². The highest BCUT2D eigenvalue weighted by Gasteiger charge is 2.21. The third kappa shape index (κ3) is 8.15. The van der Waals surface area contributed by atoms with Gasteiger partial charge in [-0.15, -0.1) is 0 Å². The van der Waals surface area contributed by atoms with Crippen LogP contribution >= 0.6 is 0 Å². The van der Waals surface area contributed by atoms with E-state index in [1.165, 1.54) is 0 Å². The van der Waals surface area contributed by atoms with Crippen LogP contribution in [0.25, 0.3) is 0 Å². The van der Waals surface area contributed by atoms with E-state index in [0.29, 0.717) is 31.9 Å². The molecule has 5 heteroatoms. The van der Waals surface area contributed by atoms with Crippen molar-refractivity contribution < 1.29 is 19.7 Å². The van der Waals surface area contributed by atoms with Gasteiger partial charge in [-0.2, -0.15) is 0 Å². The topological polar surface area (TPSA) is 71.0 Å². The average molecular weight is 484 g/mol. The van der Waals surface area contributed by atoms with Crippen molar-refractivity contribution in [1.82, 2.24) is 5.32 Å². The Labute approximate surface area is 213 Å². The monoisotopic (exact) mass is 483 g/mol. The molecule has 0 saturated carbocycles. The number of aliphatic hydroxyl groups is 1. The van der Waals surface area contributed by atoms with Crippen molar-refractivity contribution in [2.45, 2.75) is 31.7 Å². The summed E-state index contributed by atoms with van der Waals surface area (Å²) < 4.78 is 12.1. The van der Waals surface area contributed by atoms with Gasteiger partial charge >= 0.3 is 0 Å². The predicted octanol–water partition coefficient (Wildman–Crippen LogP) is 5.15. The Morgan fingerprint density at radius 3 is 1.94 bits per heavy atom. The van der Waals surface area contributed by atoms with Gasteiger partial charge in [0.05, 0.1) is 0 Å². The molecule has 2 atom stereocenters. The second-order valence-electron chi connectivity index (χ2n) is 8.78. The van der Waals surface area contributed by atoms with Gasteiger partial charge in [-0.3, -0.25) is 0 Å². The summed E-state index contributed by atoms with van der Waals surface area (Å²) in [6.07, 6.45) is 0.291. The van der Waals surface area contributed by atoms with Crippen molar-refractivity contribution in [3.05, 3.63) is 126 Å². The van der Waals surface area contributed by atoms with E-state index in [0.717, 1.165) is 28.9 Å². The molecule has 186 valence electrons. The number of phenols is 1. The first-order chi connectivity index (χ1) is 17.7. The van der Waals surface area contributed by atoms with Crippen LogP contribution in [0.5, 0.6) is 17.2 Å². The summed E-state index contributed by atoms with van der Waals surface area (Å²) >= 11 is 0. The van der Waals surface area contributed by atoms with E-state index in [-0.39, 0.29) is 5.75 Å². The van der Waals surface area contributed by atoms with Crippen LogP contribution in [-0.4, -0.2) is 35.5 Å². The van der Waals surface area contributed by atoms with E-state index < -0.39 is 12.2 Å². The standard InChI is InChI=1S/C31H33NO4/c33-27-13-11-24(12-14-27)19-20-32-22-30(34)31(21-25-7-3-1-4-8-25)36-29-17-15-28(16-18-29)35-23-26-9-5-2-6-10-26/h1-18,30-34H,19-23H2. The number of aliphatic hydroxyl groups excluding tert-OH is 1. The molecule has 0 aliphatic carbocycles. The Balaban J connectivity index is 1.32. The molecule has 4 rings (SSSR count). The molecule has 4 aromatic rings. The SMILES string of the molecule is Oc1ccc(CCNCC(O)C(Cc2ccccc2)Oc2ccc(OCc3ccccc3)cc2)cc1. The maximum absolute atomic E-state index is 11.0. The number of aromatic hydroxyl groups is 1. The molecule has 0 aliphatic rings. The van der Waals surface area contributed by atoms with E-state index in [2.05, 4.69) is 5.32 Å². The first-order valence-corrected chi connectivity index (χ1v) is 12.3. The summed E-state index contributed by atoms with van der Waals surface area (Å²) in [7, 11) is 0. The molecular weight excluding hydrogens is 450 g/mol. The van der Waals surface area contributed by atoms with Gasteiger partial charge in [-0.1, -0.05) is 72.8 Å². The van der Waals surface area contributed by atoms with E-state index in [1.54, 1.807) is 12.1 Å². The number of rotatable bonds is 13. The molecule has 0 bridgehead atoms. The van der Waals surface area contributed by atoms with Crippen molar-refractivity contribution in [2.24, 2.45) is 0 Å². The highest BCUT2D eigenvalue weighted by molar-refractivity contribution is 5.32. The number of benzene rings is 4. The first kappa shape index (κ1) is 25.3. The van der Waals surface area contributed by atoms with Gasteiger partial charge in [0.15, 0.2) is 0 Å². The minimum absolute atomic E-state index is 0.263. The van der Waals surface area contributed by atoms with Crippen LogP contribution < -0.4 is 14.8 Å². The summed E-state index contributed by atoms with van der Waals surface area (Å²) in [6.45, 7) is 1.63. The fourth-order valence-electron chi connectivity index (χ4n) is 3.91. The second kappa shape index (κ2) is 13.3. The van der Waals surface area contributed by atoms with E-state index in [1.807, 2.05) is 97.1 Å². The zero-order valence-corrected chi connectivity index (χ0v) is 20.3. The highest BCUT2D eigenvalue weighted by Crippen LogP contribution is 2.22. The summed E-state index contributed by atoms with van der Waals surface area (Å²) in [5.74, 6) is 1.72. The molecule has 4 aromatic carbocycles. The van der Waals surface area contributed by atoms with Gasteiger partial charge in [-0.25, -0.2) is 0 Å². The van der Waals surface area contributed by atoms with Gasteiger partial charge in [0.1, 0.15) is 36.1 Å². The minimum Gasteiger partial charge on any atom is -0.508 e. The molecular formula is C31H33NO4. The van der Waals surface area contributed by atoms with Gasteiger partial charge in [-0.05, 0) is 66.1 Å². The third-order valence-electron chi connectivity index (χ3n) is 5.95. The molecule has 5 nitrogen and oxygen atoms in total. The van der Waals surface area contributed by atoms with Crippen LogP contribution in [0.3, 0.4) is 0 Å². The van der Waals surface area contributed by atoms with Crippen molar-refractivity contribution in [1.29, 1.82) is 0 Å². The lowest BCUT2D eigenvalue weighted by molar-refractivity contribution is 0.0370. The van der Waals surface area contributed by atoms with Crippen LogP contribution in [0, 0.1) is 0 Å². The largest absolute Gasteiger partial charge is 0.508 e. The third-order valence-corrected chi connectivity index (χ3v) is 5.95. The quantitative estimate of drug-likeness (QED) is 0.229. The maximum Gasteiger partial charge on any atom is 0.130 e. The van der Waals surface area contributed by atoms with Gasteiger partial charge in [0.25, 0.3) is 0 Å². The molecule has 0 spiro atoms. The lowest BCUT2D eigenvalue weighted by atomic mass is 10.0. The molecule has 0 fully saturated rings. The maximum atomic E-state index is 11.0. The summed E-state index contributed by atoms with van der Waals surface area (Å²) in [4.78, 5) is 0. The first-order valence-electron chi connectivity index (χ1n) is 12.3. The zero-order valence-electron chi connectivity index (χ0n) is 20.3. The molecule has 0 aliphatic heterocycles. The summed E-state index contributed by atoms with van der Waals surface area (Å²) in [6, 6.07) is 34.8. The predicted molar refractivity (Wildman–Crippen MR) is 142 cm³/mol. The molecule has 36 heavy (non-hydrogen) atoms. The van der Waals surface area contributed by atoms with Crippen molar-refractivity contribution in [3.63, 3.8) is 0 Å². The second-order valence-corrected chi connectivity index (χ2v) is 8.78. The van der Waals surface area contributed by atoms with Gasteiger partial charge in [0, 0.05) is 13.0 Å². The Morgan fingerprint density at radius 1 is 0.667 bits per heavy atom. The van der Waals surface area contributed by atoms with Crippen LogP contribution in [0.2, 0.25) is 0 Å². The normalized spacial score (nSPS) is 12.6. The molecule has 0 saturated heterocycles. The molecule has 0 radical (unpaired) electrons. The lowest BCUT2D eigenvalue weighted by Crippen LogP contribution is -2.41. The van der Waals surface area contributed by atoms with Gasteiger partial charge in [0.2, 0.25) is 0 Å². The van der Waals surface area contributed by atoms with Crippen molar-refractivity contribution >= 4 is 0 Å². The molecule has 0 aromatic heterocycles. The number of hydrogen-bond acceptors (Lipinski definition) is 5. The van der Waals surface area contributed by atoms with Crippen LogP contribution in [0.1, 0.15) is 16.7 Å². The Bertz CT molecular complexity index is 1150. The number of hydrogen-bond donors (Lipinski definition) is 3. The molecule has 2 unspecified atom stereocenters. The van der Waals surface area contributed by atoms with E-state index in [9.17, 15) is 10.2 Å². The summed E-state index contributed by atoms with van der Waals surface area (Å²) in [5.41, 5.74) is 3.34. The van der Waals surface area contributed by atoms with E-state index >= 15 is 0 Å². The Morgan fingerprint density at radius 2 is 1.28 bits per heavy atom. The minimum atomic E-state index is -0.695. The average Bonchev–Trinajstić information content (AvgIpc) is 2.92. The Kier molecular flexibility index (Phi) is 9.37. The number of ether oxygens (including phenoxy) is 2. The molecule has 0 amide bonds. The Hall–Kier alpha value is -3.80. The lowest BCUT2D eigenvalue weighted by Gasteiger charge is -2.25. The fraction of sp³-hybridized carbons (Fsp3) is 0.226. The van der Waals surface area contributed by atoms with Crippen molar-refractivity contribution in [3.8, 4) is 17.2 Å². The molecule has 3 N–H and O–H groups in total.